The van der Waals surface area contributed by atoms with E-state index in [1.54, 1.807) is 25.1 Å². The van der Waals surface area contributed by atoms with Crippen molar-refractivity contribution < 1.29 is 58.8 Å². The molecule has 0 radical (unpaired) electrons. The Kier molecular flexibility index (Phi) is 6.18. The number of aromatic nitrogens is 2. The van der Waals surface area contributed by atoms with Crippen LogP contribution in [0.5, 0.6) is 5.75 Å². The zero-order chi connectivity index (χ0) is 20.0. The summed E-state index contributed by atoms with van der Waals surface area (Å²) >= 11 is 0. The van der Waals surface area contributed by atoms with Gasteiger partial charge >= 0.3 is 41.7 Å². The van der Waals surface area contributed by atoms with Gasteiger partial charge in [-0.05, 0) is 62.7 Å². The maximum absolute atomic E-state index is 12.8. The van der Waals surface area contributed by atoms with Crippen LogP contribution in [-0.4, -0.2) is 26.6 Å². The molecule has 0 saturated carbocycles. The molecule has 2 N–H and O–H groups in total. The first-order valence-electron chi connectivity index (χ1n) is 8.08. The molecule has 1 heterocycles. The number of benzene rings is 2. The number of hydrogen-bond acceptors (Lipinski definition) is 3. The van der Waals surface area contributed by atoms with Crippen LogP contribution in [0.1, 0.15) is 26.4 Å². The molecule has 28 heavy (non-hydrogen) atoms. The Hall–Kier alpha value is -2.03. The minimum Gasteiger partial charge on any atom is -1.00 e. The summed E-state index contributed by atoms with van der Waals surface area (Å²) in [5.74, 6) is -0.276. The van der Waals surface area contributed by atoms with Gasteiger partial charge in [-0.3, -0.25) is 0 Å². The van der Waals surface area contributed by atoms with Gasteiger partial charge in [0, 0.05) is 5.56 Å². The number of halogens is 3. The third-order valence-electron chi connectivity index (χ3n) is 4.14. The molecule has 9 heteroatoms. The van der Waals surface area contributed by atoms with Gasteiger partial charge in [0.15, 0.2) is 5.60 Å². The number of aliphatic carboxylic acids is 1. The summed E-state index contributed by atoms with van der Waals surface area (Å²) in [7, 11) is 0. The van der Waals surface area contributed by atoms with Crippen molar-refractivity contribution in [2.75, 3.05) is 0 Å². The monoisotopic (exact) mass is 402 g/mol. The Morgan fingerprint density at radius 2 is 1.86 bits per heavy atom. The molecule has 0 fully saturated rings. The van der Waals surface area contributed by atoms with Crippen molar-refractivity contribution in [3.8, 4) is 17.1 Å². The number of aryl methyl sites for hydroxylation is 1. The van der Waals surface area contributed by atoms with Crippen molar-refractivity contribution in [1.82, 2.24) is 9.97 Å². The molecule has 0 aliphatic heterocycles. The average Bonchev–Trinajstić information content (AvgIpc) is 2.98. The Labute approximate surface area is 182 Å². The topological polar surface area (TPSA) is 75.2 Å². The Morgan fingerprint density at radius 1 is 1.18 bits per heavy atom. The standard InChI is InChI=1S/C19H17F3N2O3.Na.H/c1-10-8-11(4-7-15(10)27-18(2,3)17(25)26)16-23-13-6-5-12(19(20,21)22)9-14(13)24-16;;/h4-9H,1-3H3,(H,23,24)(H,25,26);;/q;+1;-1. The summed E-state index contributed by atoms with van der Waals surface area (Å²) in [4.78, 5) is 18.4. The minimum absolute atomic E-state index is 0. The van der Waals surface area contributed by atoms with Crippen molar-refractivity contribution in [2.45, 2.75) is 32.5 Å². The first-order chi connectivity index (χ1) is 12.5. The van der Waals surface area contributed by atoms with Crippen molar-refractivity contribution in [1.29, 1.82) is 0 Å². The van der Waals surface area contributed by atoms with Crippen molar-refractivity contribution >= 4 is 17.0 Å². The molecule has 0 amide bonds. The zero-order valence-electron chi connectivity index (χ0n) is 16.8. The van der Waals surface area contributed by atoms with Gasteiger partial charge in [-0.15, -0.1) is 0 Å². The maximum Gasteiger partial charge on any atom is 1.00 e. The van der Waals surface area contributed by atoms with Gasteiger partial charge in [0.2, 0.25) is 0 Å². The molecule has 0 spiro atoms. The van der Waals surface area contributed by atoms with Crippen LogP contribution in [0.15, 0.2) is 36.4 Å². The molecule has 0 saturated heterocycles. The number of ether oxygens (including phenoxy) is 1. The summed E-state index contributed by atoms with van der Waals surface area (Å²) in [6, 6.07) is 8.34. The van der Waals surface area contributed by atoms with Crippen LogP contribution in [-0.2, 0) is 11.0 Å². The number of imidazole rings is 1. The number of nitrogens with zero attached hydrogens (tertiary/aromatic N) is 1. The van der Waals surface area contributed by atoms with Crippen LogP contribution in [0.4, 0.5) is 13.2 Å². The first kappa shape index (κ1) is 22.3. The molecule has 0 bridgehead atoms. The van der Waals surface area contributed by atoms with Crippen molar-refractivity contribution in [2.24, 2.45) is 0 Å². The fraction of sp³-hybridized carbons (Fsp3) is 0.263. The molecule has 5 nitrogen and oxygen atoms in total. The van der Waals surface area contributed by atoms with E-state index < -0.39 is 23.3 Å². The van der Waals surface area contributed by atoms with Gasteiger partial charge < -0.3 is 16.3 Å². The quantitative estimate of drug-likeness (QED) is 0.654. The Bertz CT molecular complexity index is 1040. The molecule has 0 atom stereocenters. The van der Waals surface area contributed by atoms with Gasteiger partial charge in [-0.2, -0.15) is 13.2 Å². The number of hydrogen-bond donors (Lipinski definition) is 2. The average molecular weight is 402 g/mol. The SMILES string of the molecule is Cc1cc(-c2nc3ccc(C(F)(F)F)cc3[nH]2)ccc1OC(C)(C)C(=O)O.[H-].[Na+]. The van der Waals surface area contributed by atoms with E-state index >= 15 is 0 Å². The normalized spacial score (nSPS) is 11.9. The number of nitrogens with one attached hydrogen (secondary N) is 1. The predicted molar refractivity (Wildman–Crippen MR) is 94.7 cm³/mol. The Balaban J connectivity index is 0.00000210. The van der Waals surface area contributed by atoms with E-state index in [1.165, 1.54) is 19.9 Å². The molecule has 3 aromatic rings. The van der Waals surface area contributed by atoms with Gasteiger partial charge in [-0.1, -0.05) is 0 Å². The van der Waals surface area contributed by atoms with E-state index in [0.717, 1.165) is 12.1 Å². The van der Waals surface area contributed by atoms with Crippen LogP contribution in [0.25, 0.3) is 22.4 Å². The second-order valence-corrected chi connectivity index (χ2v) is 6.71. The van der Waals surface area contributed by atoms with Crippen LogP contribution in [0, 0.1) is 6.92 Å². The minimum atomic E-state index is -4.42. The summed E-state index contributed by atoms with van der Waals surface area (Å²) in [6.07, 6.45) is -4.42. The second-order valence-electron chi connectivity index (χ2n) is 6.71. The molecular weight excluding hydrogens is 384 g/mol. The smallest absolute Gasteiger partial charge is 1.00 e. The summed E-state index contributed by atoms with van der Waals surface area (Å²) < 4.78 is 44.1. The van der Waals surface area contributed by atoms with E-state index in [4.69, 9.17) is 9.84 Å². The number of alkyl halides is 3. The van der Waals surface area contributed by atoms with Crippen LogP contribution in [0.3, 0.4) is 0 Å². The number of carbonyl (C=O) groups is 1. The molecule has 0 aliphatic rings. The van der Waals surface area contributed by atoms with E-state index in [1.807, 2.05) is 0 Å². The fourth-order valence-corrected chi connectivity index (χ4v) is 2.55. The van der Waals surface area contributed by atoms with E-state index in [2.05, 4.69) is 9.97 Å². The van der Waals surface area contributed by atoms with Gasteiger partial charge in [0.25, 0.3) is 0 Å². The van der Waals surface area contributed by atoms with Crippen LogP contribution >= 0.6 is 0 Å². The second kappa shape index (κ2) is 7.77. The largest absolute Gasteiger partial charge is 1.00 e. The van der Waals surface area contributed by atoms with Crippen LogP contribution < -0.4 is 34.3 Å². The molecule has 2 aromatic carbocycles. The zero-order valence-corrected chi connectivity index (χ0v) is 17.8. The van der Waals surface area contributed by atoms with Crippen molar-refractivity contribution in [3.05, 3.63) is 47.5 Å². The summed E-state index contributed by atoms with van der Waals surface area (Å²) in [6.45, 7) is 4.64. The third-order valence-corrected chi connectivity index (χ3v) is 4.14. The van der Waals surface area contributed by atoms with E-state index in [9.17, 15) is 18.0 Å². The summed E-state index contributed by atoms with van der Waals surface area (Å²) in [5.41, 5.74) is -0.107. The molecule has 3 rings (SSSR count). The number of fused-ring (bicyclic) bond motifs is 1. The maximum atomic E-state index is 12.8. The molecule has 144 valence electrons. The number of H-pyrrole nitrogens is 1. The Morgan fingerprint density at radius 3 is 2.43 bits per heavy atom. The summed E-state index contributed by atoms with van der Waals surface area (Å²) in [5, 5.41) is 9.17. The number of rotatable bonds is 4. The molecule has 0 unspecified atom stereocenters. The number of carboxylic acids is 1. The predicted octanol–water partition coefficient (Wildman–Crippen LogP) is 1.92. The van der Waals surface area contributed by atoms with Gasteiger partial charge in [0.1, 0.15) is 11.6 Å². The first-order valence-corrected chi connectivity index (χ1v) is 8.08. The number of aromatic amines is 1. The molecule has 0 aliphatic carbocycles. The number of carboxylic acid groups (broad SMARTS) is 1. The molecule has 1 aromatic heterocycles. The molecular formula is C19H18F3N2NaO3. The van der Waals surface area contributed by atoms with Crippen molar-refractivity contribution in [3.63, 3.8) is 0 Å². The van der Waals surface area contributed by atoms with E-state index in [-0.39, 0.29) is 36.5 Å². The van der Waals surface area contributed by atoms with Gasteiger partial charge in [0.05, 0.1) is 16.6 Å². The van der Waals surface area contributed by atoms with Crippen LogP contribution in [0.2, 0.25) is 0 Å². The van der Waals surface area contributed by atoms with Gasteiger partial charge in [-0.25, -0.2) is 9.78 Å². The van der Waals surface area contributed by atoms with E-state index in [0.29, 0.717) is 28.2 Å². The third kappa shape index (κ3) is 4.51. The fourth-order valence-electron chi connectivity index (χ4n) is 2.55.